The normalized spacial score (nSPS) is 12.8. The first-order chi connectivity index (χ1) is 24.8. The summed E-state index contributed by atoms with van der Waals surface area (Å²) in [7, 11) is 0. The second kappa shape index (κ2) is 32.5. The molecule has 0 bridgehead atoms. The molecule has 1 heterocycles. The summed E-state index contributed by atoms with van der Waals surface area (Å²) in [4.78, 5) is 58.5. The number of unbranched alkanes of at least 4 members (excludes halogenated alkanes) is 11. The maximum absolute atomic E-state index is 12.3. The highest BCUT2D eigenvalue weighted by Crippen LogP contribution is 2.13. The van der Waals surface area contributed by atoms with Crippen LogP contribution in [0.5, 0.6) is 0 Å². The van der Waals surface area contributed by atoms with E-state index in [0.717, 1.165) is 37.9 Å². The Balaban J connectivity index is 1.91. The SMILES string of the molecule is CC(=O)COCCOCCNC(=O)COCCOCCNC(=O)CC[C@H](NC(=O)CCCCCCCCCCCCCCC1=NNNN1)C(=O)O. The number of hydrogen-bond acceptors (Lipinski definition) is 13. The number of hydrazone groups is 1. The number of amides is 3. The van der Waals surface area contributed by atoms with Crippen molar-refractivity contribution in [2.24, 2.45) is 5.10 Å². The van der Waals surface area contributed by atoms with E-state index in [1.165, 1.54) is 51.9 Å². The Kier molecular flexibility index (Phi) is 29.1. The molecular formula is C34H63N7O10. The number of hydrazine groups is 2. The predicted octanol–water partition coefficient (Wildman–Crippen LogP) is 1.61. The first-order valence-electron chi connectivity index (χ1n) is 18.5. The fraction of sp³-hybridized carbons (Fsp3) is 0.824. The lowest BCUT2D eigenvalue weighted by Crippen LogP contribution is -2.41. The molecule has 1 aliphatic rings. The molecule has 51 heavy (non-hydrogen) atoms. The Morgan fingerprint density at radius 2 is 1.18 bits per heavy atom. The summed E-state index contributed by atoms with van der Waals surface area (Å²) in [6.07, 6.45) is 14.9. The van der Waals surface area contributed by atoms with Gasteiger partial charge in [0.2, 0.25) is 17.7 Å². The minimum absolute atomic E-state index is 0.00596. The van der Waals surface area contributed by atoms with Crippen molar-refractivity contribution < 1.29 is 48.0 Å². The number of aliphatic carboxylic acids is 1. The van der Waals surface area contributed by atoms with Gasteiger partial charge in [-0.15, -0.1) is 10.6 Å². The number of nitrogens with zero attached hydrogens (tertiary/aromatic N) is 1. The number of nitrogens with one attached hydrogen (secondary N) is 6. The van der Waals surface area contributed by atoms with Gasteiger partial charge in [-0.3, -0.25) is 24.6 Å². The Bertz CT molecular complexity index is 1000. The summed E-state index contributed by atoms with van der Waals surface area (Å²) < 4.78 is 20.9. The third-order valence-corrected chi connectivity index (χ3v) is 7.73. The molecule has 294 valence electrons. The fourth-order valence-corrected chi connectivity index (χ4v) is 4.97. The van der Waals surface area contributed by atoms with Crippen molar-refractivity contribution in [3.05, 3.63) is 0 Å². The zero-order valence-corrected chi connectivity index (χ0v) is 30.5. The first kappa shape index (κ1) is 45.6. The second-order valence-corrected chi connectivity index (χ2v) is 12.4. The summed E-state index contributed by atoms with van der Waals surface area (Å²) in [6, 6.07) is -1.12. The smallest absolute Gasteiger partial charge is 0.326 e. The number of ketones is 1. The van der Waals surface area contributed by atoms with E-state index in [2.05, 4.69) is 37.5 Å². The Hall–Kier alpha value is -3.38. The average Bonchev–Trinajstić information content (AvgIpc) is 3.62. The van der Waals surface area contributed by atoms with Crippen LogP contribution in [0.1, 0.15) is 110 Å². The molecule has 3 amide bonds. The van der Waals surface area contributed by atoms with Crippen LogP contribution in [0.4, 0.5) is 0 Å². The summed E-state index contributed by atoms with van der Waals surface area (Å²) in [5.41, 5.74) is 8.38. The standard InChI is InChI=1S/C34H63N7O10/c1-28(42)26-50-24-22-49-21-19-36-33(45)27-51-25-23-48-20-18-35-31(43)17-16-29(34(46)47)37-32(44)15-13-11-9-7-5-3-2-4-6-8-10-12-14-30-38-40-41-39-30/h29,40-41H,2-27H2,1H3,(H,35,43)(H,36,45)(H,37,44)(H,38,39)(H,46,47)/t29-/m0/s1. The number of hydrogen-bond donors (Lipinski definition) is 7. The number of ether oxygens (including phenoxy) is 4. The van der Waals surface area contributed by atoms with Crippen molar-refractivity contribution in [3.63, 3.8) is 0 Å². The van der Waals surface area contributed by atoms with Gasteiger partial charge in [0.05, 0.1) is 39.6 Å². The summed E-state index contributed by atoms with van der Waals surface area (Å²) >= 11 is 0. The van der Waals surface area contributed by atoms with Gasteiger partial charge in [-0.1, -0.05) is 64.2 Å². The summed E-state index contributed by atoms with van der Waals surface area (Å²) in [5.74, 6) is -1.19. The summed E-state index contributed by atoms with van der Waals surface area (Å²) in [5, 5.41) is 21.4. The van der Waals surface area contributed by atoms with Crippen LogP contribution in [-0.2, 0) is 42.9 Å². The van der Waals surface area contributed by atoms with Crippen LogP contribution in [0, 0.1) is 0 Å². The number of amidine groups is 1. The van der Waals surface area contributed by atoms with Gasteiger partial charge in [0.15, 0.2) is 5.78 Å². The van der Waals surface area contributed by atoms with E-state index in [1.54, 1.807) is 0 Å². The zero-order valence-electron chi connectivity index (χ0n) is 30.5. The number of carboxylic acid groups (broad SMARTS) is 1. The third-order valence-electron chi connectivity index (χ3n) is 7.73. The topological polar surface area (TPSA) is 227 Å². The minimum Gasteiger partial charge on any atom is -0.480 e. The van der Waals surface area contributed by atoms with Gasteiger partial charge < -0.3 is 40.0 Å². The Morgan fingerprint density at radius 1 is 0.647 bits per heavy atom. The van der Waals surface area contributed by atoms with Gasteiger partial charge >= 0.3 is 5.97 Å². The molecule has 0 radical (unpaired) electrons. The largest absolute Gasteiger partial charge is 0.480 e. The lowest BCUT2D eigenvalue weighted by molar-refractivity contribution is -0.142. The van der Waals surface area contributed by atoms with Gasteiger partial charge in [0, 0.05) is 32.4 Å². The van der Waals surface area contributed by atoms with Gasteiger partial charge in [-0.05, 0) is 26.2 Å². The van der Waals surface area contributed by atoms with Crippen molar-refractivity contribution in [2.45, 2.75) is 116 Å². The molecule has 0 aromatic rings. The quantitative estimate of drug-likeness (QED) is 0.0456. The van der Waals surface area contributed by atoms with Crippen molar-refractivity contribution >= 4 is 35.3 Å². The molecular weight excluding hydrogens is 666 g/mol. The van der Waals surface area contributed by atoms with Crippen LogP contribution in [-0.4, -0.2) is 112 Å². The van der Waals surface area contributed by atoms with Crippen molar-refractivity contribution in [1.29, 1.82) is 0 Å². The van der Waals surface area contributed by atoms with Gasteiger partial charge in [-0.2, -0.15) is 0 Å². The maximum Gasteiger partial charge on any atom is 0.326 e. The molecule has 0 fully saturated rings. The molecule has 0 aliphatic carbocycles. The molecule has 17 heteroatoms. The molecule has 0 spiro atoms. The van der Waals surface area contributed by atoms with E-state index < -0.39 is 12.0 Å². The van der Waals surface area contributed by atoms with E-state index in [1.807, 2.05) is 0 Å². The molecule has 1 atom stereocenters. The van der Waals surface area contributed by atoms with Gasteiger partial charge in [0.1, 0.15) is 25.1 Å². The fourth-order valence-electron chi connectivity index (χ4n) is 4.97. The zero-order chi connectivity index (χ0) is 37.2. The predicted molar refractivity (Wildman–Crippen MR) is 190 cm³/mol. The number of carboxylic acids is 1. The maximum atomic E-state index is 12.3. The molecule has 1 rings (SSSR count). The molecule has 0 aromatic heterocycles. The molecule has 0 unspecified atom stereocenters. The van der Waals surface area contributed by atoms with Crippen LogP contribution < -0.4 is 32.4 Å². The number of Topliss-reactive ketones (excluding diaryl/α,β-unsaturated/α-hetero) is 1. The highest BCUT2D eigenvalue weighted by Gasteiger charge is 2.20. The number of carbonyl (C=O) groups is 5. The monoisotopic (exact) mass is 729 g/mol. The van der Waals surface area contributed by atoms with Crippen LogP contribution in [0.2, 0.25) is 0 Å². The molecule has 7 N–H and O–H groups in total. The summed E-state index contributed by atoms with van der Waals surface area (Å²) in [6.45, 7) is 3.52. The minimum atomic E-state index is -1.17. The van der Waals surface area contributed by atoms with Crippen molar-refractivity contribution in [2.75, 3.05) is 65.9 Å². The van der Waals surface area contributed by atoms with E-state index in [9.17, 15) is 29.1 Å². The Morgan fingerprint density at radius 3 is 1.73 bits per heavy atom. The van der Waals surface area contributed by atoms with Crippen LogP contribution in [0.3, 0.4) is 0 Å². The average molecular weight is 730 g/mol. The van der Waals surface area contributed by atoms with Gasteiger partial charge in [0.25, 0.3) is 0 Å². The van der Waals surface area contributed by atoms with E-state index in [-0.39, 0.29) is 82.3 Å². The van der Waals surface area contributed by atoms with E-state index >= 15 is 0 Å². The highest BCUT2D eigenvalue weighted by atomic mass is 16.5. The van der Waals surface area contributed by atoms with Crippen molar-refractivity contribution in [1.82, 2.24) is 32.4 Å². The highest BCUT2D eigenvalue weighted by molar-refractivity contribution is 5.84. The lowest BCUT2D eigenvalue weighted by Gasteiger charge is -2.14. The molecule has 0 saturated carbocycles. The first-order valence-corrected chi connectivity index (χ1v) is 18.5. The van der Waals surface area contributed by atoms with E-state index in [4.69, 9.17) is 18.9 Å². The number of carbonyl (C=O) groups excluding carboxylic acids is 4. The molecule has 0 saturated heterocycles. The van der Waals surface area contributed by atoms with E-state index in [0.29, 0.717) is 32.8 Å². The number of rotatable bonds is 36. The molecule has 17 nitrogen and oxygen atoms in total. The Labute approximate surface area is 302 Å². The molecule has 0 aromatic carbocycles. The second-order valence-electron chi connectivity index (χ2n) is 12.4. The van der Waals surface area contributed by atoms with Crippen molar-refractivity contribution in [3.8, 4) is 0 Å². The lowest BCUT2D eigenvalue weighted by atomic mass is 10.0. The molecule has 1 aliphatic heterocycles. The third kappa shape index (κ3) is 30.0. The van der Waals surface area contributed by atoms with Gasteiger partial charge in [-0.25, -0.2) is 10.3 Å². The van der Waals surface area contributed by atoms with Crippen LogP contribution in [0.25, 0.3) is 0 Å². The van der Waals surface area contributed by atoms with Crippen LogP contribution >= 0.6 is 0 Å². The van der Waals surface area contributed by atoms with Crippen LogP contribution in [0.15, 0.2) is 5.10 Å².